The minimum Gasteiger partial charge on any atom is -0.282 e. The molecule has 10 heteroatoms. The highest BCUT2D eigenvalue weighted by Gasteiger charge is 2.33. The number of carbonyl (C=O) groups excluding carboxylic acids is 2. The van der Waals surface area contributed by atoms with Crippen molar-refractivity contribution in [2.75, 3.05) is 0 Å². The molecule has 2 amide bonds. The van der Waals surface area contributed by atoms with E-state index in [2.05, 4.69) is 10.4 Å². The van der Waals surface area contributed by atoms with Gasteiger partial charge in [-0.2, -0.15) is 18.3 Å². The van der Waals surface area contributed by atoms with Gasteiger partial charge < -0.3 is 0 Å². The molecule has 0 spiro atoms. The molecule has 0 radical (unpaired) electrons. The van der Waals surface area contributed by atoms with Gasteiger partial charge in [0.05, 0.1) is 28.2 Å². The predicted molar refractivity (Wildman–Crippen MR) is 109 cm³/mol. The van der Waals surface area contributed by atoms with Crippen LogP contribution in [-0.2, 0) is 17.5 Å². The van der Waals surface area contributed by atoms with Crippen molar-refractivity contribution in [3.05, 3.63) is 68.7 Å². The molecule has 1 N–H and O–H groups in total. The molecule has 1 aromatic heterocycles. The van der Waals surface area contributed by atoms with Crippen LogP contribution in [0.15, 0.2) is 41.3 Å². The van der Waals surface area contributed by atoms with E-state index in [1.165, 1.54) is 16.8 Å². The number of nitrogens with one attached hydrogen (secondary N) is 1. The molecule has 1 saturated heterocycles. The number of nitrogens with zero attached hydrogens (tertiary/aromatic N) is 2. The van der Waals surface area contributed by atoms with Gasteiger partial charge in [-0.3, -0.25) is 19.6 Å². The fraction of sp³-hybridized carbons (Fsp3) is 0.150. The summed E-state index contributed by atoms with van der Waals surface area (Å²) >= 11 is 6.57. The van der Waals surface area contributed by atoms with Gasteiger partial charge in [-0.1, -0.05) is 23.7 Å². The number of alkyl halides is 3. The van der Waals surface area contributed by atoms with E-state index in [1.54, 1.807) is 31.2 Å². The SMILES string of the molecule is Cc1nn(Cc2ccc(Cl)cc2C(F)(F)F)c2ccc(C=C3SC(=O)NC3=O)cc12. The lowest BCUT2D eigenvalue weighted by Gasteiger charge is -2.14. The number of aromatic nitrogens is 2. The minimum absolute atomic E-state index is 0.0116. The molecule has 154 valence electrons. The Balaban J connectivity index is 1.72. The molecule has 1 aliphatic rings. The van der Waals surface area contributed by atoms with Crippen molar-refractivity contribution in [1.29, 1.82) is 0 Å². The van der Waals surface area contributed by atoms with Gasteiger partial charge in [0, 0.05) is 10.4 Å². The maximum Gasteiger partial charge on any atom is 0.416 e. The highest BCUT2D eigenvalue weighted by atomic mass is 35.5. The topological polar surface area (TPSA) is 64.0 Å². The second-order valence-corrected chi connectivity index (χ2v) is 8.12. The first kappa shape index (κ1) is 20.5. The molecule has 4 rings (SSSR count). The Morgan fingerprint density at radius 2 is 1.97 bits per heavy atom. The van der Waals surface area contributed by atoms with Crippen LogP contribution in [0.4, 0.5) is 18.0 Å². The van der Waals surface area contributed by atoms with Crippen LogP contribution in [-0.4, -0.2) is 20.9 Å². The first-order valence-electron chi connectivity index (χ1n) is 8.69. The highest BCUT2D eigenvalue weighted by Crippen LogP contribution is 2.35. The van der Waals surface area contributed by atoms with Gasteiger partial charge in [-0.05, 0) is 60.2 Å². The summed E-state index contributed by atoms with van der Waals surface area (Å²) in [5, 5.41) is 6.89. The number of benzene rings is 2. The second kappa shape index (κ2) is 7.48. The third-order valence-corrected chi connectivity index (χ3v) is 5.64. The Hall–Kier alpha value is -2.78. The second-order valence-electron chi connectivity index (χ2n) is 6.67. The lowest BCUT2D eigenvalue weighted by Crippen LogP contribution is -2.17. The molecule has 0 atom stereocenters. The third kappa shape index (κ3) is 3.95. The van der Waals surface area contributed by atoms with E-state index in [0.717, 1.165) is 23.2 Å². The molecule has 2 heterocycles. The van der Waals surface area contributed by atoms with Crippen LogP contribution in [0.25, 0.3) is 17.0 Å². The zero-order chi connectivity index (χ0) is 21.6. The number of halogens is 4. The van der Waals surface area contributed by atoms with Crippen LogP contribution < -0.4 is 5.32 Å². The summed E-state index contributed by atoms with van der Waals surface area (Å²) in [6.45, 7) is 1.67. The molecule has 1 aliphatic heterocycles. The number of carbonyl (C=O) groups is 2. The molecule has 0 saturated carbocycles. The highest BCUT2D eigenvalue weighted by molar-refractivity contribution is 8.18. The Morgan fingerprint density at radius 3 is 2.63 bits per heavy atom. The maximum absolute atomic E-state index is 13.4. The Labute approximate surface area is 177 Å². The smallest absolute Gasteiger partial charge is 0.282 e. The van der Waals surface area contributed by atoms with Crippen LogP contribution in [0.2, 0.25) is 5.02 Å². The van der Waals surface area contributed by atoms with Crippen LogP contribution >= 0.6 is 23.4 Å². The molecule has 30 heavy (non-hydrogen) atoms. The lowest BCUT2D eigenvalue weighted by atomic mass is 10.1. The monoisotopic (exact) mass is 451 g/mol. The van der Waals surface area contributed by atoms with Gasteiger partial charge in [0.25, 0.3) is 11.1 Å². The van der Waals surface area contributed by atoms with Crippen molar-refractivity contribution in [1.82, 2.24) is 15.1 Å². The van der Waals surface area contributed by atoms with E-state index in [9.17, 15) is 22.8 Å². The largest absolute Gasteiger partial charge is 0.416 e. The quantitative estimate of drug-likeness (QED) is 0.542. The molecular formula is C20H13ClF3N3O2S. The van der Waals surface area contributed by atoms with E-state index in [4.69, 9.17) is 11.6 Å². The van der Waals surface area contributed by atoms with Crippen molar-refractivity contribution in [2.45, 2.75) is 19.6 Å². The molecule has 3 aromatic rings. The van der Waals surface area contributed by atoms with Crippen molar-refractivity contribution >= 4 is 51.5 Å². The summed E-state index contributed by atoms with van der Waals surface area (Å²) in [5.74, 6) is -0.458. The Bertz CT molecular complexity index is 1230. The normalized spacial score (nSPS) is 16.0. The number of aryl methyl sites for hydroxylation is 1. The van der Waals surface area contributed by atoms with Gasteiger partial charge in [0.1, 0.15) is 0 Å². The molecule has 2 aromatic carbocycles. The van der Waals surface area contributed by atoms with Crippen LogP contribution in [0.5, 0.6) is 0 Å². The van der Waals surface area contributed by atoms with E-state index in [0.29, 0.717) is 16.8 Å². The van der Waals surface area contributed by atoms with Gasteiger partial charge >= 0.3 is 6.18 Å². The van der Waals surface area contributed by atoms with E-state index >= 15 is 0 Å². The van der Waals surface area contributed by atoms with Crippen molar-refractivity contribution in [2.24, 2.45) is 0 Å². The number of hydrogen-bond donors (Lipinski definition) is 1. The predicted octanol–water partition coefficient (Wildman–Crippen LogP) is 5.39. The number of rotatable bonds is 3. The summed E-state index contributed by atoms with van der Waals surface area (Å²) in [6, 6.07) is 8.90. The van der Waals surface area contributed by atoms with Crippen molar-refractivity contribution in [3.63, 3.8) is 0 Å². The number of hydrogen-bond acceptors (Lipinski definition) is 4. The molecule has 0 aliphatic carbocycles. The van der Waals surface area contributed by atoms with E-state index in [-0.39, 0.29) is 22.0 Å². The zero-order valence-corrected chi connectivity index (χ0v) is 17.0. The molecule has 1 fully saturated rings. The molecule has 5 nitrogen and oxygen atoms in total. The number of imide groups is 1. The minimum atomic E-state index is -4.53. The first-order valence-corrected chi connectivity index (χ1v) is 9.89. The van der Waals surface area contributed by atoms with Crippen LogP contribution in [0, 0.1) is 6.92 Å². The molecular weight excluding hydrogens is 439 g/mol. The van der Waals surface area contributed by atoms with Gasteiger partial charge in [0.2, 0.25) is 0 Å². The van der Waals surface area contributed by atoms with Crippen molar-refractivity contribution < 1.29 is 22.8 Å². The zero-order valence-electron chi connectivity index (χ0n) is 15.4. The average Bonchev–Trinajstić information content (AvgIpc) is 3.14. The van der Waals surface area contributed by atoms with Gasteiger partial charge in [-0.25, -0.2) is 0 Å². The van der Waals surface area contributed by atoms with E-state index < -0.39 is 22.9 Å². The first-order chi connectivity index (χ1) is 14.1. The molecule has 0 bridgehead atoms. The maximum atomic E-state index is 13.4. The number of amides is 2. The fourth-order valence-corrected chi connectivity index (χ4v) is 4.11. The average molecular weight is 452 g/mol. The Kier molecular flexibility index (Phi) is 5.11. The van der Waals surface area contributed by atoms with Crippen molar-refractivity contribution in [3.8, 4) is 0 Å². The fourth-order valence-electron chi connectivity index (χ4n) is 3.25. The summed E-state index contributed by atoms with van der Waals surface area (Å²) in [6.07, 6.45) is -2.95. The summed E-state index contributed by atoms with van der Waals surface area (Å²) in [4.78, 5) is 23.3. The third-order valence-electron chi connectivity index (χ3n) is 4.60. The van der Waals surface area contributed by atoms with E-state index in [1.807, 2.05) is 0 Å². The van der Waals surface area contributed by atoms with Gasteiger partial charge in [-0.15, -0.1) is 0 Å². The van der Waals surface area contributed by atoms with Crippen LogP contribution in [0.1, 0.15) is 22.4 Å². The standard InChI is InChI=1S/C20H13ClF3N3O2S/c1-10-14-6-11(7-17-18(28)25-19(29)30-17)2-5-16(14)27(26-10)9-12-3-4-13(21)8-15(12)20(22,23)24/h2-8H,9H2,1H3,(H,25,28,29). The lowest BCUT2D eigenvalue weighted by molar-refractivity contribution is -0.138. The Morgan fingerprint density at radius 1 is 1.20 bits per heavy atom. The summed E-state index contributed by atoms with van der Waals surface area (Å²) in [7, 11) is 0. The van der Waals surface area contributed by atoms with Gasteiger partial charge in [0.15, 0.2) is 0 Å². The summed E-state index contributed by atoms with van der Waals surface area (Å²) in [5.41, 5.74) is 1.22. The van der Waals surface area contributed by atoms with Crippen LogP contribution in [0.3, 0.4) is 0 Å². The number of thioether (sulfide) groups is 1. The number of fused-ring (bicyclic) bond motifs is 1. The summed E-state index contributed by atoms with van der Waals surface area (Å²) < 4.78 is 41.7. The molecule has 0 unspecified atom stereocenters.